The van der Waals surface area contributed by atoms with Crippen LogP contribution in [0.3, 0.4) is 0 Å². The first-order valence-corrected chi connectivity index (χ1v) is 10.1. The van der Waals surface area contributed by atoms with E-state index in [0.29, 0.717) is 19.4 Å². The highest BCUT2D eigenvalue weighted by atomic mass is 16.3. The molecule has 0 fully saturated rings. The van der Waals surface area contributed by atoms with Crippen molar-refractivity contribution in [3.05, 3.63) is 0 Å². The van der Waals surface area contributed by atoms with Crippen molar-refractivity contribution in [2.24, 2.45) is 0 Å². The van der Waals surface area contributed by atoms with E-state index in [9.17, 15) is 5.11 Å². The monoisotopic (exact) mass is 330 g/mol. The van der Waals surface area contributed by atoms with Crippen LogP contribution in [-0.2, 0) is 0 Å². The molecule has 0 amide bonds. The van der Waals surface area contributed by atoms with Crippen LogP contribution in [0.4, 0.5) is 0 Å². The number of rotatable bonds is 18. The molecule has 0 rings (SSSR count). The van der Waals surface area contributed by atoms with Gasteiger partial charge in [0, 0.05) is 13.2 Å². The highest BCUT2D eigenvalue weighted by molar-refractivity contribution is 4.72. The van der Waals surface area contributed by atoms with E-state index in [-0.39, 0.29) is 6.61 Å². The second-order valence-electron chi connectivity index (χ2n) is 7.39. The fourth-order valence-electron chi connectivity index (χ4n) is 3.15. The summed E-state index contributed by atoms with van der Waals surface area (Å²) in [6, 6.07) is 0. The molecule has 0 radical (unpaired) electrons. The number of aliphatic hydroxyl groups excluding tert-OH is 2. The van der Waals surface area contributed by atoms with E-state index in [4.69, 9.17) is 10.2 Å². The van der Waals surface area contributed by atoms with Gasteiger partial charge >= 0.3 is 0 Å². The average Bonchev–Trinajstić information content (AvgIpc) is 2.53. The van der Waals surface area contributed by atoms with Gasteiger partial charge in [-0.25, -0.2) is 0 Å². The smallest absolute Gasteiger partial charge is 0.0620 e. The summed E-state index contributed by atoms with van der Waals surface area (Å²) in [5, 5.41) is 27.6. The third-order valence-corrected chi connectivity index (χ3v) is 4.75. The molecule has 1 unspecified atom stereocenters. The zero-order valence-electron chi connectivity index (χ0n) is 15.6. The number of hydrogen-bond donors (Lipinski definition) is 3. The predicted molar refractivity (Wildman–Crippen MR) is 98.7 cm³/mol. The summed E-state index contributed by atoms with van der Waals surface area (Å²) < 4.78 is 0. The van der Waals surface area contributed by atoms with E-state index in [1.807, 2.05) is 6.92 Å². The first-order chi connectivity index (χ1) is 11.1. The molecule has 0 saturated heterocycles. The maximum Gasteiger partial charge on any atom is 0.0620 e. The lowest BCUT2D eigenvalue weighted by Crippen LogP contribution is -2.24. The van der Waals surface area contributed by atoms with Gasteiger partial charge in [-0.05, 0) is 32.6 Å². The quantitative estimate of drug-likeness (QED) is 0.311. The molecule has 0 aromatic heterocycles. The maximum atomic E-state index is 10.1. The largest absolute Gasteiger partial charge is 0.396 e. The van der Waals surface area contributed by atoms with Crippen molar-refractivity contribution in [3.63, 3.8) is 0 Å². The van der Waals surface area contributed by atoms with Gasteiger partial charge in [-0.15, -0.1) is 0 Å². The lowest BCUT2D eigenvalue weighted by atomic mass is 9.93. The molecule has 0 spiro atoms. The van der Waals surface area contributed by atoms with Gasteiger partial charge in [-0.2, -0.15) is 0 Å². The van der Waals surface area contributed by atoms with Crippen molar-refractivity contribution >= 4 is 0 Å². The predicted octanol–water partition coefficient (Wildman–Crippen LogP) is 4.96. The van der Waals surface area contributed by atoms with Crippen LogP contribution in [-0.4, -0.2) is 34.1 Å². The van der Waals surface area contributed by atoms with E-state index in [1.165, 1.54) is 70.6 Å². The van der Waals surface area contributed by atoms with Gasteiger partial charge in [0.1, 0.15) is 0 Å². The fourth-order valence-corrected chi connectivity index (χ4v) is 3.15. The standard InChI is InChI=1S/C20H42O3/c1-20(23,17-15-19-22)16-13-11-9-7-5-3-2-4-6-8-10-12-14-18-21/h21-23H,2-19H2,1H3. The molecule has 0 aliphatic rings. The van der Waals surface area contributed by atoms with Crippen LogP contribution in [0.25, 0.3) is 0 Å². The van der Waals surface area contributed by atoms with Crippen LogP contribution in [0.2, 0.25) is 0 Å². The van der Waals surface area contributed by atoms with Crippen molar-refractivity contribution in [2.45, 2.75) is 115 Å². The first-order valence-electron chi connectivity index (χ1n) is 10.1. The second kappa shape index (κ2) is 16.7. The molecule has 1 atom stereocenters. The molecule has 3 nitrogen and oxygen atoms in total. The molecule has 23 heavy (non-hydrogen) atoms. The minimum atomic E-state index is -0.583. The van der Waals surface area contributed by atoms with Crippen molar-refractivity contribution in [1.82, 2.24) is 0 Å². The van der Waals surface area contributed by atoms with Gasteiger partial charge in [0.05, 0.1) is 5.60 Å². The van der Waals surface area contributed by atoms with Crippen molar-refractivity contribution in [2.75, 3.05) is 13.2 Å². The molecular formula is C20H42O3. The van der Waals surface area contributed by atoms with E-state index in [1.54, 1.807) is 0 Å². The summed E-state index contributed by atoms with van der Waals surface area (Å²) in [6.07, 6.45) is 18.8. The van der Waals surface area contributed by atoms with Crippen LogP contribution in [0, 0.1) is 0 Å². The lowest BCUT2D eigenvalue weighted by molar-refractivity contribution is 0.0326. The normalized spacial score (nSPS) is 14.1. The Morgan fingerprint density at radius 1 is 0.478 bits per heavy atom. The van der Waals surface area contributed by atoms with Crippen molar-refractivity contribution in [3.8, 4) is 0 Å². The summed E-state index contributed by atoms with van der Waals surface area (Å²) in [5.74, 6) is 0. The maximum absolute atomic E-state index is 10.1. The molecule has 0 heterocycles. The van der Waals surface area contributed by atoms with Gasteiger partial charge in [-0.3, -0.25) is 0 Å². The van der Waals surface area contributed by atoms with Crippen LogP contribution in [0.5, 0.6) is 0 Å². The molecule has 0 bridgehead atoms. The highest BCUT2D eigenvalue weighted by Crippen LogP contribution is 2.21. The molecule has 0 aliphatic heterocycles. The number of hydrogen-bond acceptors (Lipinski definition) is 3. The van der Waals surface area contributed by atoms with Gasteiger partial charge in [0.25, 0.3) is 0 Å². The Kier molecular flexibility index (Phi) is 16.6. The second-order valence-corrected chi connectivity index (χ2v) is 7.39. The number of unbranched alkanes of at least 4 members (excludes halogenated alkanes) is 12. The van der Waals surface area contributed by atoms with Crippen LogP contribution in [0.1, 0.15) is 110 Å². The Bertz CT molecular complexity index is 229. The average molecular weight is 331 g/mol. The highest BCUT2D eigenvalue weighted by Gasteiger charge is 2.18. The van der Waals surface area contributed by atoms with E-state index < -0.39 is 5.60 Å². The van der Waals surface area contributed by atoms with Crippen molar-refractivity contribution < 1.29 is 15.3 Å². The third kappa shape index (κ3) is 18.1. The van der Waals surface area contributed by atoms with Crippen LogP contribution in [0.15, 0.2) is 0 Å². The molecule has 0 aromatic rings. The van der Waals surface area contributed by atoms with E-state index in [0.717, 1.165) is 19.3 Å². The first kappa shape index (κ1) is 22.9. The molecular weight excluding hydrogens is 288 g/mol. The Labute approximate surface area is 144 Å². The molecule has 0 aromatic carbocycles. The molecule has 0 saturated carbocycles. The third-order valence-electron chi connectivity index (χ3n) is 4.75. The van der Waals surface area contributed by atoms with E-state index in [2.05, 4.69) is 0 Å². The van der Waals surface area contributed by atoms with Crippen LogP contribution < -0.4 is 0 Å². The summed E-state index contributed by atoms with van der Waals surface area (Å²) in [5.41, 5.74) is -0.583. The summed E-state index contributed by atoms with van der Waals surface area (Å²) in [6.45, 7) is 2.42. The topological polar surface area (TPSA) is 60.7 Å². The van der Waals surface area contributed by atoms with E-state index >= 15 is 0 Å². The molecule has 0 aliphatic carbocycles. The molecule has 3 N–H and O–H groups in total. The summed E-state index contributed by atoms with van der Waals surface area (Å²) in [7, 11) is 0. The zero-order chi connectivity index (χ0) is 17.2. The van der Waals surface area contributed by atoms with Crippen molar-refractivity contribution in [1.29, 1.82) is 0 Å². The summed E-state index contributed by atoms with van der Waals surface area (Å²) >= 11 is 0. The van der Waals surface area contributed by atoms with Crippen LogP contribution >= 0.6 is 0 Å². The number of aliphatic hydroxyl groups is 3. The summed E-state index contributed by atoms with van der Waals surface area (Å²) in [4.78, 5) is 0. The molecule has 140 valence electrons. The van der Waals surface area contributed by atoms with Gasteiger partial charge in [0.2, 0.25) is 0 Å². The Balaban J connectivity index is 3.16. The Morgan fingerprint density at radius 3 is 1.17 bits per heavy atom. The SMILES string of the molecule is CC(O)(CCCO)CCCCCCCCCCCCCCCO. The Hall–Kier alpha value is -0.120. The van der Waals surface area contributed by atoms with Gasteiger partial charge in [0.15, 0.2) is 0 Å². The minimum Gasteiger partial charge on any atom is -0.396 e. The fraction of sp³-hybridized carbons (Fsp3) is 1.00. The lowest BCUT2D eigenvalue weighted by Gasteiger charge is -2.22. The van der Waals surface area contributed by atoms with Gasteiger partial charge in [-0.1, -0.05) is 77.0 Å². The zero-order valence-corrected chi connectivity index (χ0v) is 15.6. The minimum absolute atomic E-state index is 0.179. The van der Waals surface area contributed by atoms with Gasteiger partial charge < -0.3 is 15.3 Å². The Morgan fingerprint density at radius 2 is 0.783 bits per heavy atom. The molecule has 3 heteroatoms.